The molecule has 0 saturated heterocycles. The Labute approximate surface area is 150 Å². The van der Waals surface area contributed by atoms with Crippen molar-refractivity contribution in [2.24, 2.45) is 0 Å². The maximum Gasteiger partial charge on any atom is 0.125 e. The predicted octanol–water partition coefficient (Wildman–Crippen LogP) is 5.90. The topological polar surface area (TPSA) is 22.1 Å². The Bertz CT molecular complexity index is 820. The quantitative estimate of drug-likeness (QED) is 0.479. The van der Waals surface area contributed by atoms with Crippen molar-refractivity contribution in [3.63, 3.8) is 0 Å². The molecule has 0 bridgehead atoms. The number of hydrogen-bond acceptors (Lipinski definition) is 2. The summed E-state index contributed by atoms with van der Waals surface area (Å²) >= 11 is 0. The number of pyridine rings is 1. The van der Waals surface area contributed by atoms with Crippen molar-refractivity contribution in [2.45, 2.75) is 46.0 Å². The third-order valence-corrected chi connectivity index (χ3v) is 4.65. The molecular weight excluding hydrogens is 306 g/mol. The van der Waals surface area contributed by atoms with Crippen LogP contribution in [0.2, 0.25) is 0 Å². The summed E-state index contributed by atoms with van der Waals surface area (Å²) in [5, 5.41) is 2.64. The molecule has 0 atom stereocenters. The third-order valence-electron chi connectivity index (χ3n) is 4.65. The standard InChI is InChI=1S/C23H27NO/c1-3-4-7-15-25-23-16-21(24-17-18(23)2)14-13-20-11-8-10-19-9-5-6-12-22(19)20/h5-6,8-12,16-17H,3-4,7,13-15H2,1-2H3. The molecule has 1 aromatic heterocycles. The van der Waals surface area contributed by atoms with Gasteiger partial charge in [-0.25, -0.2) is 0 Å². The Kier molecular flexibility index (Phi) is 6.05. The normalized spacial score (nSPS) is 11.0. The van der Waals surface area contributed by atoms with Gasteiger partial charge in [0.2, 0.25) is 0 Å². The Hall–Kier alpha value is -2.35. The summed E-state index contributed by atoms with van der Waals surface area (Å²) in [5.41, 5.74) is 3.60. The van der Waals surface area contributed by atoms with E-state index in [1.54, 1.807) is 0 Å². The Balaban J connectivity index is 1.68. The minimum absolute atomic E-state index is 0.793. The zero-order valence-corrected chi connectivity index (χ0v) is 15.3. The van der Waals surface area contributed by atoms with E-state index in [9.17, 15) is 0 Å². The number of unbranched alkanes of at least 4 members (excludes halogenated alkanes) is 2. The molecule has 0 aliphatic carbocycles. The van der Waals surface area contributed by atoms with Gasteiger partial charge in [-0.3, -0.25) is 4.98 Å². The summed E-state index contributed by atoms with van der Waals surface area (Å²) in [7, 11) is 0. The predicted molar refractivity (Wildman–Crippen MR) is 105 cm³/mol. The lowest BCUT2D eigenvalue weighted by Crippen LogP contribution is -2.02. The van der Waals surface area contributed by atoms with Crippen LogP contribution in [0, 0.1) is 6.92 Å². The van der Waals surface area contributed by atoms with Crippen molar-refractivity contribution in [2.75, 3.05) is 6.61 Å². The molecular formula is C23H27NO. The molecule has 0 amide bonds. The fourth-order valence-corrected chi connectivity index (χ4v) is 3.15. The van der Waals surface area contributed by atoms with Gasteiger partial charge in [0.25, 0.3) is 0 Å². The lowest BCUT2D eigenvalue weighted by atomic mass is 10.00. The van der Waals surface area contributed by atoms with E-state index in [4.69, 9.17) is 4.74 Å². The van der Waals surface area contributed by atoms with Gasteiger partial charge in [0.05, 0.1) is 6.61 Å². The van der Waals surface area contributed by atoms with Crippen LogP contribution in [0.4, 0.5) is 0 Å². The highest BCUT2D eigenvalue weighted by molar-refractivity contribution is 5.85. The smallest absolute Gasteiger partial charge is 0.125 e. The number of benzene rings is 2. The molecule has 3 rings (SSSR count). The van der Waals surface area contributed by atoms with E-state index in [1.165, 1.54) is 29.2 Å². The second-order valence-corrected chi connectivity index (χ2v) is 6.63. The first kappa shape index (κ1) is 17.5. The zero-order chi connectivity index (χ0) is 17.5. The average Bonchev–Trinajstić information content (AvgIpc) is 2.65. The van der Waals surface area contributed by atoms with Crippen LogP contribution >= 0.6 is 0 Å². The lowest BCUT2D eigenvalue weighted by molar-refractivity contribution is 0.303. The number of hydrogen-bond donors (Lipinski definition) is 0. The van der Waals surface area contributed by atoms with E-state index < -0.39 is 0 Å². The van der Waals surface area contributed by atoms with Gasteiger partial charge in [0.1, 0.15) is 5.75 Å². The van der Waals surface area contributed by atoms with Crippen LogP contribution in [0.5, 0.6) is 5.75 Å². The Morgan fingerprint density at radius 3 is 2.68 bits per heavy atom. The van der Waals surface area contributed by atoms with Crippen molar-refractivity contribution in [1.82, 2.24) is 4.98 Å². The number of rotatable bonds is 8. The largest absolute Gasteiger partial charge is 0.493 e. The van der Waals surface area contributed by atoms with Crippen LogP contribution in [0.1, 0.15) is 43.0 Å². The molecule has 130 valence electrons. The van der Waals surface area contributed by atoms with Crippen LogP contribution in [0.3, 0.4) is 0 Å². The summed E-state index contributed by atoms with van der Waals surface area (Å²) < 4.78 is 5.96. The molecule has 0 unspecified atom stereocenters. The van der Waals surface area contributed by atoms with E-state index >= 15 is 0 Å². The molecule has 2 aromatic carbocycles. The third kappa shape index (κ3) is 4.60. The number of nitrogens with zero attached hydrogens (tertiary/aromatic N) is 1. The van der Waals surface area contributed by atoms with Crippen molar-refractivity contribution in [3.8, 4) is 5.75 Å². The van der Waals surface area contributed by atoms with Crippen LogP contribution in [-0.2, 0) is 12.8 Å². The summed E-state index contributed by atoms with van der Waals surface area (Å²) in [6.45, 7) is 5.07. The van der Waals surface area contributed by atoms with Gasteiger partial charge in [-0.1, -0.05) is 62.2 Å². The lowest BCUT2D eigenvalue weighted by Gasteiger charge is -2.11. The highest BCUT2D eigenvalue weighted by atomic mass is 16.5. The molecule has 25 heavy (non-hydrogen) atoms. The van der Waals surface area contributed by atoms with Gasteiger partial charge in [0, 0.05) is 23.5 Å². The summed E-state index contributed by atoms with van der Waals surface area (Å²) in [5.74, 6) is 0.985. The van der Waals surface area contributed by atoms with E-state index in [0.717, 1.165) is 42.9 Å². The first-order chi connectivity index (χ1) is 12.3. The van der Waals surface area contributed by atoms with Gasteiger partial charge in [-0.15, -0.1) is 0 Å². The zero-order valence-electron chi connectivity index (χ0n) is 15.3. The molecule has 2 nitrogen and oxygen atoms in total. The maximum absolute atomic E-state index is 5.96. The number of aryl methyl sites for hydroxylation is 3. The molecule has 0 spiro atoms. The van der Waals surface area contributed by atoms with E-state index in [0.29, 0.717) is 0 Å². The van der Waals surface area contributed by atoms with Crippen molar-refractivity contribution in [3.05, 3.63) is 71.5 Å². The Morgan fingerprint density at radius 1 is 0.960 bits per heavy atom. The molecule has 0 aliphatic rings. The number of ether oxygens (including phenoxy) is 1. The van der Waals surface area contributed by atoms with E-state index in [2.05, 4.69) is 67.4 Å². The van der Waals surface area contributed by atoms with Crippen LogP contribution in [0.25, 0.3) is 10.8 Å². The van der Waals surface area contributed by atoms with Crippen molar-refractivity contribution >= 4 is 10.8 Å². The average molecular weight is 333 g/mol. The van der Waals surface area contributed by atoms with Crippen molar-refractivity contribution in [1.29, 1.82) is 0 Å². The monoisotopic (exact) mass is 333 g/mol. The highest BCUT2D eigenvalue weighted by Gasteiger charge is 2.06. The van der Waals surface area contributed by atoms with Gasteiger partial charge >= 0.3 is 0 Å². The molecule has 0 aliphatic heterocycles. The first-order valence-electron chi connectivity index (χ1n) is 9.33. The molecule has 0 fully saturated rings. The van der Waals surface area contributed by atoms with Crippen LogP contribution in [0.15, 0.2) is 54.7 Å². The molecule has 0 radical (unpaired) electrons. The van der Waals surface area contributed by atoms with Gasteiger partial charge < -0.3 is 4.74 Å². The molecule has 0 saturated carbocycles. The first-order valence-corrected chi connectivity index (χ1v) is 9.33. The molecule has 1 heterocycles. The second-order valence-electron chi connectivity index (χ2n) is 6.63. The van der Waals surface area contributed by atoms with Gasteiger partial charge in [-0.2, -0.15) is 0 Å². The number of aromatic nitrogens is 1. The molecule has 3 aromatic rings. The summed E-state index contributed by atoms with van der Waals surface area (Å²) in [6.07, 6.45) is 7.41. The summed E-state index contributed by atoms with van der Waals surface area (Å²) in [4.78, 5) is 4.60. The second kappa shape index (κ2) is 8.66. The highest BCUT2D eigenvalue weighted by Crippen LogP contribution is 2.22. The molecule has 0 N–H and O–H groups in total. The SMILES string of the molecule is CCCCCOc1cc(CCc2cccc3ccccc23)ncc1C. The number of fused-ring (bicyclic) bond motifs is 1. The fourth-order valence-electron chi connectivity index (χ4n) is 3.15. The minimum atomic E-state index is 0.793. The van der Waals surface area contributed by atoms with E-state index in [-0.39, 0.29) is 0 Å². The van der Waals surface area contributed by atoms with Gasteiger partial charge in [0.15, 0.2) is 0 Å². The maximum atomic E-state index is 5.96. The fraction of sp³-hybridized carbons (Fsp3) is 0.348. The summed E-state index contributed by atoms with van der Waals surface area (Å²) in [6, 6.07) is 17.2. The molecule has 2 heteroatoms. The minimum Gasteiger partial charge on any atom is -0.493 e. The van der Waals surface area contributed by atoms with Crippen LogP contribution < -0.4 is 4.74 Å². The van der Waals surface area contributed by atoms with Gasteiger partial charge in [-0.05, 0) is 42.5 Å². The van der Waals surface area contributed by atoms with Crippen LogP contribution in [-0.4, -0.2) is 11.6 Å². The Morgan fingerprint density at radius 2 is 1.80 bits per heavy atom. The van der Waals surface area contributed by atoms with Crippen molar-refractivity contribution < 1.29 is 4.74 Å². The van der Waals surface area contributed by atoms with E-state index in [1.807, 2.05) is 6.20 Å².